The van der Waals surface area contributed by atoms with Crippen LogP contribution in [0.3, 0.4) is 0 Å². The zero-order valence-corrected chi connectivity index (χ0v) is 11.5. The van der Waals surface area contributed by atoms with Gasteiger partial charge in [-0.25, -0.2) is 0 Å². The minimum absolute atomic E-state index is 0.515. The van der Waals surface area contributed by atoms with E-state index in [2.05, 4.69) is 48.3 Å². The Morgan fingerprint density at radius 3 is 2.94 bits per heavy atom. The van der Waals surface area contributed by atoms with Crippen LogP contribution in [0.2, 0.25) is 0 Å². The largest absolute Gasteiger partial charge is 0.377 e. The fourth-order valence-corrected chi connectivity index (χ4v) is 2.51. The molecule has 0 aliphatic carbocycles. The minimum Gasteiger partial charge on any atom is -0.377 e. The molecule has 100 valence electrons. The van der Waals surface area contributed by atoms with Gasteiger partial charge < -0.3 is 15.0 Å². The quantitative estimate of drug-likeness (QED) is 0.866. The first-order valence-electron chi connectivity index (χ1n) is 6.99. The summed E-state index contributed by atoms with van der Waals surface area (Å²) in [6, 6.07) is 9.23. The Hall–Kier alpha value is -1.06. The summed E-state index contributed by atoms with van der Waals surface area (Å²) in [6.07, 6.45) is 1.13. The first-order chi connectivity index (χ1) is 8.86. The van der Waals surface area contributed by atoms with E-state index in [1.807, 2.05) is 0 Å². The molecule has 1 heterocycles. The monoisotopic (exact) mass is 248 g/mol. The molecule has 0 radical (unpaired) electrons. The molecule has 0 amide bonds. The number of para-hydroxylation sites is 1. The molecule has 18 heavy (non-hydrogen) atoms. The lowest BCUT2D eigenvalue weighted by Crippen LogP contribution is -2.45. The van der Waals surface area contributed by atoms with Gasteiger partial charge >= 0.3 is 0 Å². The second kappa shape index (κ2) is 6.76. The van der Waals surface area contributed by atoms with Crippen molar-refractivity contribution in [2.45, 2.75) is 32.9 Å². The van der Waals surface area contributed by atoms with Gasteiger partial charge in [0, 0.05) is 18.8 Å². The maximum absolute atomic E-state index is 5.59. The fraction of sp³-hybridized carbons (Fsp3) is 0.600. The summed E-state index contributed by atoms with van der Waals surface area (Å²) in [5.41, 5.74) is 2.76. The highest BCUT2D eigenvalue weighted by Gasteiger charge is 2.23. The smallest absolute Gasteiger partial charge is 0.0670 e. The number of rotatable bonds is 5. The number of nitrogens with one attached hydrogen (secondary N) is 1. The van der Waals surface area contributed by atoms with Crippen LogP contribution in [0.5, 0.6) is 0 Å². The van der Waals surface area contributed by atoms with Crippen molar-refractivity contribution in [1.82, 2.24) is 5.32 Å². The highest BCUT2D eigenvalue weighted by atomic mass is 16.5. The number of anilines is 1. The number of nitrogens with zero attached hydrogens (tertiary/aromatic N) is 1. The van der Waals surface area contributed by atoms with Crippen molar-refractivity contribution in [2.75, 3.05) is 31.2 Å². The number of benzene rings is 1. The summed E-state index contributed by atoms with van der Waals surface area (Å²) < 4.78 is 5.59. The van der Waals surface area contributed by atoms with E-state index in [-0.39, 0.29) is 0 Å². The molecule has 1 aromatic rings. The molecule has 0 spiro atoms. The van der Waals surface area contributed by atoms with E-state index in [0.29, 0.717) is 6.04 Å². The summed E-state index contributed by atoms with van der Waals surface area (Å²) in [7, 11) is 0. The van der Waals surface area contributed by atoms with E-state index in [4.69, 9.17) is 4.74 Å². The average Bonchev–Trinajstić information content (AvgIpc) is 2.45. The summed E-state index contributed by atoms with van der Waals surface area (Å²) >= 11 is 0. The summed E-state index contributed by atoms with van der Waals surface area (Å²) in [6.45, 7) is 9.03. The molecule has 0 aromatic heterocycles. The van der Waals surface area contributed by atoms with Gasteiger partial charge in [-0.3, -0.25) is 0 Å². The van der Waals surface area contributed by atoms with E-state index < -0.39 is 0 Å². The van der Waals surface area contributed by atoms with Gasteiger partial charge in [0.05, 0.1) is 19.3 Å². The molecule has 1 aromatic carbocycles. The summed E-state index contributed by atoms with van der Waals surface area (Å²) in [5, 5.41) is 3.42. The number of hydrogen-bond donors (Lipinski definition) is 1. The molecule has 1 N–H and O–H groups in total. The van der Waals surface area contributed by atoms with Crippen LogP contribution in [0.15, 0.2) is 24.3 Å². The molecule has 1 fully saturated rings. The molecule has 2 rings (SSSR count). The third-order valence-corrected chi connectivity index (χ3v) is 3.57. The third-order valence-electron chi connectivity index (χ3n) is 3.57. The Balaban J connectivity index is 2.19. The maximum Gasteiger partial charge on any atom is 0.0670 e. The van der Waals surface area contributed by atoms with Crippen LogP contribution >= 0.6 is 0 Å². The number of hydrogen-bond acceptors (Lipinski definition) is 3. The molecule has 1 aliphatic heterocycles. The van der Waals surface area contributed by atoms with Crippen LogP contribution in [-0.2, 0) is 11.3 Å². The molecular weight excluding hydrogens is 224 g/mol. The van der Waals surface area contributed by atoms with Crippen molar-refractivity contribution in [3.8, 4) is 0 Å². The molecule has 0 bridgehead atoms. The van der Waals surface area contributed by atoms with E-state index in [0.717, 1.165) is 39.3 Å². The Labute approximate surface area is 110 Å². The number of ether oxygens (including phenoxy) is 1. The predicted octanol–water partition coefficient (Wildman–Crippen LogP) is 2.41. The fourth-order valence-electron chi connectivity index (χ4n) is 2.51. The first-order valence-corrected chi connectivity index (χ1v) is 6.99. The summed E-state index contributed by atoms with van der Waals surface area (Å²) in [4.78, 5) is 2.51. The highest BCUT2D eigenvalue weighted by molar-refractivity contribution is 5.54. The van der Waals surface area contributed by atoms with Crippen molar-refractivity contribution in [1.29, 1.82) is 0 Å². The van der Waals surface area contributed by atoms with Gasteiger partial charge in [-0.2, -0.15) is 0 Å². The van der Waals surface area contributed by atoms with Gasteiger partial charge in [-0.1, -0.05) is 32.0 Å². The Morgan fingerprint density at radius 1 is 1.33 bits per heavy atom. The molecule has 3 heteroatoms. The zero-order valence-electron chi connectivity index (χ0n) is 11.5. The second-order valence-electron chi connectivity index (χ2n) is 4.74. The van der Waals surface area contributed by atoms with Crippen LogP contribution < -0.4 is 10.2 Å². The van der Waals surface area contributed by atoms with Crippen LogP contribution in [0.1, 0.15) is 25.8 Å². The standard InChI is InChI=1S/C15H24N2O/c1-3-14-12-18-10-9-17(14)15-8-6-5-7-13(15)11-16-4-2/h5-8,14,16H,3-4,9-12H2,1-2H3. The molecule has 1 saturated heterocycles. The van der Waals surface area contributed by atoms with Crippen LogP contribution in [0.4, 0.5) is 5.69 Å². The van der Waals surface area contributed by atoms with Gasteiger partial charge in [-0.15, -0.1) is 0 Å². The van der Waals surface area contributed by atoms with Gasteiger partial charge in [0.15, 0.2) is 0 Å². The lowest BCUT2D eigenvalue weighted by atomic mass is 10.1. The van der Waals surface area contributed by atoms with Crippen molar-refractivity contribution >= 4 is 5.69 Å². The van der Waals surface area contributed by atoms with Crippen LogP contribution in [-0.4, -0.2) is 32.3 Å². The van der Waals surface area contributed by atoms with Crippen molar-refractivity contribution in [3.05, 3.63) is 29.8 Å². The van der Waals surface area contributed by atoms with Gasteiger partial charge in [0.2, 0.25) is 0 Å². The molecule has 0 saturated carbocycles. The zero-order chi connectivity index (χ0) is 12.8. The second-order valence-corrected chi connectivity index (χ2v) is 4.74. The SMILES string of the molecule is CCNCc1ccccc1N1CCOCC1CC. The first kappa shape index (κ1) is 13.4. The molecule has 1 atom stereocenters. The minimum atomic E-state index is 0.515. The predicted molar refractivity (Wildman–Crippen MR) is 76.1 cm³/mol. The normalized spacial score (nSPS) is 20.1. The van der Waals surface area contributed by atoms with E-state index in [1.54, 1.807) is 0 Å². The van der Waals surface area contributed by atoms with Gasteiger partial charge in [-0.05, 0) is 24.6 Å². The highest BCUT2D eigenvalue weighted by Crippen LogP contribution is 2.25. The molecule has 1 unspecified atom stereocenters. The molecular formula is C15H24N2O. The Kier molecular flexibility index (Phi) is 5.02. The topological polar surface area (TPSA) is 24.5 Å². The van der Waals surface area contributed by atoms with E-state index in [9.17, 15) is 0 Å². The number of morpholine rings is 1. The van der Waals surface area contributed by atoms with Crippen molar-refractivity contribution in [3.63, 3.8) is 0 Å². The Bertz CT molecular complexity index is 367. The van der Waals surface area contributed by atoms with Gasteiger partial charge in [0.1, 0.15) is 0 Å². The average molecular weight is 248 g/mol. The maximum atomic E-state index is 5.59. The lowest BCUT2D eigenvalue weighted by Gasteiger charge is -2.38. The third kappa shape index (κ3) is 3.03. The van der Waals surface area contributed by atoms with Crippen molar-refractivity contribution in [2.24, 2.45) is 0 Å². The molecule has 3 nitrogen and oxygen atoms in total. The van der Waals surface area contributed by atoms with Crippen LogP contribution in [0.25, 0.3) is 0 Å². The Morgan fingerprint density at radius 2 is 2.17 bits per heavy atom. The van der Waals surface area contributed by atoms with E-state index >= 15 is 0 Å². The van der Waals surface area contributed by atoms with Crippen LogP contribution in [0, 0.1) is 0 Å². The molecule has 1 aliphatic rings. The summed E-state index contributed by atoms with van der Waals surface area (Å²) in [5.74, 6) is 0. The lowest BCUT2D eigenvalue weighted by molar-refractivity contribution is 0.0929. The van der Waals surface area contributed by atoms with E-state index in [1.165, 1.54) is 11.3 Å². The van der Waals surface area contributed by atoms with Gasteiger partial charge in [0.25, 0.3) is 0 Å². The van der Waals surface area contributed by atoms with Crippen molar-refractivity contribution < 1.29 is 4.74 Å².